The molecule has 0 saturated heterocycles. The molecule has 0 aliphatic heterocycles. The number of aromatic hydroxyl groups is 1. The highest BCUT2D eigenvalue weighted by Gasteiger charge is 2.39. The number of hydrogen-bond donors (Lipinski definition) is 1. The first-order valence-corrected chi connectivity index (χ1v) is 7.30. The summed E-state index contributed by atoms with van der Waals surface area (Å²) in [7, 11) is 2.72. The van der Waals surface area contributed by atoms with E-state index in [4.69, 9.17) is 0 Å². The fraction of sp³-hybridized carbons (Fsp3) is 0.533. The van der Waals surface area contributed by atoms with Crippen LogP contribution in [0.25, 0.3) is 0 Å². The van der Waals surface area contributed by atoms with E-state index in [0.29, 0.717) is 13.1 Å². The van der Waals surface area contributed by atoms with Crippen molar-refractivity contribution in [1.29, 1.82) is 0 Å². The van der Waals surface area contributed by atoms with E-state index < -0.39 is 23.0 Å². The molecular weight excluding hydrogens is 286 g/mol. The van der Waals surface area contributed by atoms with Crippen LogP contribution in [0, 0.1) is 0 Å². The van der Waals surface area contributed by atoms with E-state index in [1.165, 1.54) is 20.2 Å². The number of ketones is 1. The molecule has 22 heavy (non-hydrogen) atoms. The lowest BCUT2D eigenvalue weighted by Crippen LogP contribution is -2.44. The minimum atomic E-state index is -0.787. The Morgan fingerprint density at radius 3 is 2.27 bits per heavy atom. The standard InChI is InChI=1S/C15H21N3O4/c1-5-18(6-2)9-7-8-10(19)11(9)12-13(20)16(3)15(22)17(4)14(12)21/h7-9,11,20H,5-6H2,1-4H3/t9-,11+/m1/s1. The number of aromatic nitrogens is 2. The lowest BCUT2D eigenvalue weighted by Gasteiger charge is -2.30. The largest absolute Gasteiger partial charge is 0.494 e. The summed E-state index contributed by atoms with van der Waals surface area (Å²) in [5.41, 5.74) is -1.26. The van der Waals surface area contributed by atoms with Gasteiger partial charge in [-0.15, -0.1) is 0 Å². The second-order valence-corrected chi connectivity index (χ2v) is 5.39. The normalized spacial score (nSPS) is 21.0. The molecule has 0 saturated carbocycles. The van der Waals surface area contributed by atoms with Crippen LogP contribution in [0.2, 0.25) is 0 Å². The van der Waals surface area contributed by atoms with E-state index in [1.54, 1.807) is 6.08 Å². The van der Waals surface area contributed by atoms with E-state index >= 15 is 0 Å². The fourth-order valence-corrected chi connectivity index (χ4v) is 3.00. The molecule has 0 aromatic carbocycles. The molecule has 7 nitrogen and oxygen atoms in total. The SMILES string of the molecule is CCN(CC)[C@@H]1C=CC(=O)[C@H]1c1c(O)n(C)c(=O)n(C)c1=O. The third-order valence-corrected chi connectivity index (χ3v) is 4.32. The highest BCUT2D eigenvalue weighted by Crippen LogP contribution is 2.32. The van der Waals surface area contributed by atoms with E-state index in [9.17, 15) is 19.5 Å². The quantitative estimate of drug-likeness (QED) is 0.827. The zero-order chi connectivity index (χ0) is 16.6. The molecule has 120 valence electrons. The summed E-state index contributed by atoms with van der Waals surface area (Å²) in [6.45, 7) is 5.36. The molecule has 0 radical (unpaired) electrons. The maximum absolute atomic E-state index is 12.4. The predicted molar refractivity (Wildman–Crippen MR) is 82.2 cm³/mol. The van der Waals surface area contributed by atoms with Crippen molar-refractivity contribution >= 4 is 5.78 Å². The first kappa shape index (κ1) is 16.2. The summed E-state index contributed by atoms with van der Waals surface area (Å²) < 4.78 is 1.90. The summed E-state index contributed by atoms with van der Waals surface area (Å²) in [4.78, 5) is 38.6. The molecule has 0 fully saturated rings. The van der Waals surface area contributed by atoms with Crippen molar-refractivity contribution in [3.8, 4) is 5.88 Å². The summed E-state index contributed by atoms with van der Waals surface area (Å²) in [5.74, 6) is -1.46. The van der Waals surface area contributed by atoms with Gasteiger partial charge in [-0.05, 0) is 19.2 Å². The Hall–Kier alpha value is -2.15. The Balaban J connectivity index is 2.67. The van der Waals surface area contributed by atoms with Gasteiger partial charge in [-0.3, -0.25) is 23.6 Å². The molecule has 2 atom stereocenters. The van der Waals surface area contributed by atoms with Crippen molar-refractivity contribution < 1.29 is 9.90 Å². The van der Waals surface area contributed by atoms with E-state index in [2.05, 4.69) is 0 Å². The average Bonchev–Trinajstić information content (AvgIpc) is 2.87. The van der Waals surface area contributed by atoms with Gasteiger partial charge in [0.25, 0.3) is 5.56 Å². The maximum Gasteiger partial charge on any atom is 0.333 e. The fourth-order valence-electron chi connectivity index (χ4n) is 3.00. The van der Waals surface area contributed by atoms with Gasteiger partial charge in [0.05, 0.1) is 11.5 Å². The molecule has 1 aliphatic rings. The third kappa shape index (κ3) is 2.31. The lowest BCUT2D eigenvalue weighted by molar-refractivity contribution is -0.116. The number of allylic oxidation sites excluding steroid dienone is 1. The second-order valence-electron chi connectivity index (χ2n) is 5.39. The molecule has 0 bridgehead atoms. The zero-order valence-corrected chi connectivity index (χ0v) is 13.2. The van der Waals surface area contributed by atoms with Crippen LogP contribution < -0.4 is 11.2 Å². The number of hydrogen-bond acceptors (Lipinski definition) is 5. The average molecular weight is 307 g/mol. The van der Waals surface area contributed by atoms with Gasteiger partial charge in [-0.1, -0.05) is 19.9 Å². The van der Waals surface area contributed by atoms with Gasteiger partial charge in [0, 0.05) is 20.1 Å². The van der Waals surface area contributed by atoms with E-state index in [1.807, 2.05) is 18.7 Å². The number of carbonyl (C=O) groups is 1. The summed E-state index contributed by atoms with van der Waals surface area (Å²) in [6, 6.07) is -0.293. The number of likely N-dealkylation sites (N-methyl/N-ethyl adjacent to an activating group) is 1. The van der Waals surface area contributed by atoms with Crippen molar-refractivity contribution in [3.63, 3.8) is 0 Å². The first-order chi connectivity index (χ1) is 10.3. The van der Waals surface area contributed by atoms with Crippen molar-refractivity contribution in [2.75, 3.05) is 13.1 Å². The van der Waals surface area contributed by atoms with Crippen molar-refractivity contribution in [2.45, 2.75) is 25.8 Å². The van der Waals surface area contributed by atoms with Crippen LogP contribution in [0.1, 0.15) is 25.3 Å². The van der Waals surface area contributed by atoms with Crippen LogP contribution in [-0.2, 0) is 18.9 Å². The second kappa shape index (κ2) is 5.92. The molecule has 2 rings (SSSR count). The summed E-state index contributed by atoms with van der Waals surface area (Å²) >= 11 is 0. The Morgan fingerprint density at radius 1 is 1.14 bits per heavy atom. The third-order valence-electron chi connectivity index (χ3n) is 4.32. The molecule has 1 heterocycles. The van der Waals surface area contributed by atoms with Crippen LogP contribution in [0.15, 0.2) is 21.7 Å². The van der Waals surface area contributed by atoms with Crippen molar-refractivity contribution in [2.24, 2.45) is 14.1 Å². The monoisotopic (exact) mass is 307 g/mol. The van der Waals surface area contributed by atoms with Gasteiger partial charge >= 0.3 is 5.69 Å². The van der Waals surface area contributed by atoms with Crippen molar-refractivity contribution in [3.05, 3.63) is 38.6 Å². The van der Waals surface area contributed by atoms with Gasteiger partial charge in [0.2, 0.25) is 5.88 Å². The molecule has 7 heteroatoms. The van der Waals surface area contributed by atoms with Crippen molar-refractivity contribution in [1.82, 2.24) is 14.0 Å². The van der Waals surface area contributed by atoms with Gasteiger partial charge in [-0.2, -0.15) is 0 Å². The summed E-state index contributed by atoms with van der Waals surface area (Å²) in [5, 5.41) is 10.3. The minimum absolute atomic E-state index is 0.0171. The molecule has 0 amide bonds. The summed E-state index contributed by atoms with van der Waals surface area (Å²) in [6.07, 6.45) is 3.20. The van der Waals surface area contributed by atoms with Crippen LogP contribution in [0.4, 0.5) is 0 Å². The zero-order valence-electron chi connectivity index (χ0n) is 13.2. The Bertz CT molecular complexity index is 740. The number of carbonyl (C=O) groups excluding carboxylic acids is 1. The molecule has 1 aromatic rings. The number of nitrogens with zero attached hydrogens (tertiary/aromatic N) is 3. The van der Waals surface area contributed by atoms with Crippen LogP contribution in [0.3, 0.4) is 0 Å². The van der Waals surface area contributed by atoms with Gasteiger partial charge < -0.3 is 5.11 Å². The Morgan fingerprint density at radius 2 is 1.73 bits per heavy atom. The van der Waals surface area contributed by atoms with Gasteiger partial charge in [0.1, 0.15) is 0 Å². The Kier molecular flexibility index (Phi) is 4.37. The Labute approximate surface area is 128 Å². The lowest BCUT2D eigenvalue weighted by atomic mass is 9.92. The van der Waals surface area contributed by atoms with Crippen LogP contribution in [0.5, 0.6) is 5.88 Å². The molecule has 0 spiro atoms. The van der Waals surface area contributed by atoms with E-state index in [0.717, 1.165) is 9.13 Å². The van der Waals surface area contributed by atoms with Gasteiger partial charge in [-0.25, -0.2) is 4.79 Å². The minimum Gasteiger partial charge on any atom is -0.494 e. The molecule has 1 N–H and O–H groups in total. The number of rotatable bonds is 4. The molecule has 1 aliphatic carbocycles. The maximum atomic E-state index is 12.4. The van der Waals surface area contributed by atoms with Crippen LogP contribution >= 0.6 is 0 Å². The molecule has 1 aromatic heterocycles. The highest BCUT2D eigenvalue weighted by atomic mass is 16.3. The first-order valence-electron chi connectivity index (χ1n) is 7.30. The smallest absolute Gasteiger partial charge is 0.333 e. The highest BCUT2D eigenvalue weighted by molar-refractivity contribution is 5.99. The topological polar surface area (TPSA) is 84.5 Å². The predicted octanol–water partition coefficient (Wildman–Crippen LogP) is -0.277. The molecular formula is C15H21N3O4. The van der Waals surface area contributed by atoms with Crippen LogP contribution in [-0.4, -0.2) is 44.1 Å². The van der Waals surface area contributed by atoms with Gasteiger partial charge in [0.15, 0.2) is 5.78 Å². The van der Waals surface area contributed by atoms with E-state index in [-0.39, 0.29) is 17.4 Å². The molecule has 0 unspecified atom stereocenters.